The van der Waals surface area contributed by atoms with E-state index in [1.54, 1.807) is 6.20 Å². The summed E-state index contributed by atoms with van der Waals surface area (Å²) in [6, 6.07) is 17.3. The molecule has 3 aromatic rings. The van der Waals surface area contributed by atoms with Crippen molar-refractivity contribution in [2.24, 2.45) is 0 Å². The molecule has 0 aliphatic rings. The van der Waals surface area contributed by atoms with Crippen molar-refractivity contribution in [2.45, 2.75) is 26.3 Å². The van der Waals surface area contributed by atoms with Crippen LogP contribution in [0.25, 0.3) is 0 Å². The number of nitrogens with one attached hydrogen (secondary N) is 2. The van der Waals surface area contributed by atoms with Crippen LogP contribution in [-0.2, 0) is 0 Å². The van der Waals surface area contributed by atoms with E-state index < -0.39 is 0 Å². The fourth-order valence-corrected chi connectivity index (χ4v) is 2.16. The molecule has 0 bridgehead atoms. The molecule has 2 N–H and O–H groups in total. The molecule has 0 unspecified atom stereocenters. The molecule has 0 spiro atoms. The van der Waals surface area contributed by atoms with Gasteiger partial charge >= 0.3 is 0 Å². The number of para-hydroxylation sites is 3. The van der Waals surface area contributed by atoms with Gasteiger partial charge in [-0.25, -0.2) is 0 Å². The van der Waals surface area contributed by atoms with Crippen molar-refractivity contribution in [3.63, 3.8) is 0 Å². The van der Waals surface area contributed by atoms with E-state index in [0.717, 1.165) is 11.4 Å². The molecule has 0 aliphatic carbocycles. The number of hydrogen-bond donors (Lipinski definition) is 2. The van der Waals surface area contributed by atoms with Gasteiger partial charge in [0.2, 0.25) is 5.95 Å². The molecule has 1 aromatic heterocycles. The van der Waals surface area contributed by atoms with E-state index in [9.17, 15) is 0 Å². The number of ether oxygens (including phenoxy) is 1. The summed E-state index contributed by atoms with van der Waals surface area (Å²) >= 11 is 0. The zero-order valence-corrected chi connectivity index (χ0v) is 14.5. The minimum absolute atomic E-state index is 0.144. The summed E-state index contributed by atoms with van der Waals surface area (Å²) in [5.41, 5.74) is 0.655. The van der Waals surface area contributed by atoms with Gasteiger partial charge in [-0.05, 0) is 45.0 Å². The highest BCUT2D eigenvalue weighted by Gasteiger charge is 2.12. The first-order valence-electron chi connectivity index (χ1n) is 8.06. The van der Waals surface area contributed by atoms with Crippen molar-refractivity contribution >= 4 is 17.5 Å². The van der Waals surface area contributed by atoms with Crippen molar-refractivity contribution < 1.29 is 4.74 Å². The molecule has 2 aromatic carbocycles. The molecule has 128 valence electrons. The molecule has 1 heterocycles. The second kappa shape index (κ2) is 7.17. The standard InChI is InChI=1S/C19H21N5O/c1-19(2,3)23-18-22-17(13-20-24-18)21-15-11-7-8-12-16(15)25-14-9-5-4-6-10-14/h4-13H,1-3H3,(H2,21,22,23,24). The Labute approximate surface area is 147 Å². The van der Waals surface area contributed by atoms with E-state index in [1.165, 1.54) is 0 Å². The van der Waals surface area contributed by atoms with Crippen LogP contribution in [0.5, 0.6) is 11.5 Å². The fourth-order valence-electron chi connectivity index (χ4n) is 2.16. The Hall–Kier alpha value is -3.15. The molecule has 25 heavy (non-hydrogen) atoms. The summed E-state index contributed by atoms with van der Waals surface area (Å²) in [5, 5.41) is 14.5. The van der Waals surface area contributed by atoms with E-state index in [-0.39, 0.29) is 5.54 Å². The molecule has 6 nitrogen and oxygen atoms in total. The average molecular weight is 335 g/mol. The maximum atomic E-state index is 5.95. The molecule has 6 heteroatoms. The van der Waals surface area contributed by atoms with Crippen molar-refractivity contribution in [3.05, 3.63) is 60.8 Å². The highest BCUT2D eigenvalue weighted by Crippen LogP contribution is 2.30. The first-order valence-corrected chi connectivity index (χ1v) is 8.06. The second-order valence-corrected chi connectivity index (χ2v) is 6.58. The van der Waals surface area contributed by atoms with Gasteiger partial charge in [0, 0.05) is 5.54 Å². The molecule has 3 rings (SSSR count). The number of anilines is 3. The highest BCUT2D eigenvalue weighted by molar-refractivity contribution is 5.64. The van der Waals surface area contributed by atoms with Gasteiger partial charge in [0.1, 0.15) is 5.75 Å². The average Bonchev–Trinajstić information content (AvgIpc) is 2.56. The number of aromatic nitrogens is 3. The highest BCUT2D eigenvalue weighted by atomic mass is 16.5. The van der Waals surface area contributed by atoms with Gasteiger partial charge in [0.15, 0.2) is 11.6 Å². The first kappa shape index (κ1) is 16.7. The van der Waals surface area contributed by atoms with E-state index in [1.807, 2.05) is 75.4 Å². The number of benzene rings is 2. The van der Waals surface area contributed by atoms with E-state index >= 15 is 0 Å². The summed E-state index contributed by atoms with van der Waals surface area (Å²) < 4.78 is 5.95. The van der Waals surface area contributed by atoms with Crippen LogP contribution in [-0.4, -0.2) is 20.7 Å². The van der Waals surface area contributed by atoms with Crippen molar-refractivity contribution in [2.75, 3.05) is 10.6 Å². The summed E-state index contributed by atoms with van der Waals surface area (Å²) in [5.74, 6) is 2.54. The van der Waals surface area contributed by atoms with Crippen LogP contribution in [0.15, 0.2) is 60.8 Å². The Morgan fingerprint density at radius 2 is 1.64 bits per heavy atom. The van der Waals surface area contributed by atoms with Gasteiger partial charge in [0.05, 0.1) is 11.9 Å². The lowest BCUT2D eigenvalue weighted by atomic mass is 10.1. The maximum Gasteiger partial charge on any atom is 0.245 e. The van der Waals surface area contributed by atoms with Crippen LogP contribution in [0.4, 0.5) is 17.5 Å². The van der Waals surface area contributed by atoms with Gasteiger partial charge in [-0.3, -0.25) is 0 Å². The third-order valence-corrected chi connectivity index (χ3v) is 3.17. The predicted octanol–water partition coefficient (Wildman–Crippen LogP) is 4.62. The third kappa shape index (κ3) is 4.91. The minimum Gasteiger partial charge on any atom is -0.455 e. The maximum absolute atomic E-state index is 5.95. The number of rotatable bonds is 5. The summed E-state index contributed by atoms with van der Waals surface area (Å²) in [6.07, 6.45) is 1.58. The molecular weight excluding hydrogens is 314 g/mol. The minimum atomic E-state index is -0.144. The van der Waals surface area contributed by atoms with Crippen LogP contribution >= 0.6 is 0 Å². The summed E-state index contributed by atoms with van der Waals surface area (Å²) in [7, 11) is 0. The Morgan fingerprint density at radius 3 is 2.40 bits per heavy atom. The topological polar surface area (TPSA) is 72.0 Å². The smallest absolute Gasteiger partial charge is 0.245 e. The lowest BCUT2D eigenvalue weighted by Crippen LogP contribution is -2.27. The molecule has 0 amide bonds. The quantitative estimate of drug-likeness (QED) is 0.709. The monoisotopic (exact) mass is 335 g/mol. The van der Waals surface area contributed by atoms with Crippen molar-refractivity contribution in [1.29, 1.82) is 0 Å². The summed E-state index contributed by atoms with van der Waals surface area (Å²) in [6.45, 7) is 6.12. The molecule has 0 saturated heterocycles. The van der Waals surface area contributed by atoms with E-state index in [4.69, 9.17) is 4.74 Å². The van der Waals surface area contributed by atoms with Gasteiger partial charge in [-0.2, -0.15) is 10.1 Å². The Bertz CT molecular complexity index is 830. The van der Waals surface area contributed by atoms with Crippen LogP contribution in [0.2, 0.25) is 0 Å². The largest absolute Gasteiger partial charge is 0.455 e. The van der Waals surface area contributed by atoms with Gasteiger partial charge < -0.3 is 15.4 Å². The fraction of sp³-hybridized carbons (Fsp3) is 0.211. The van der Waals surface area contributed by atoms with Crippen LogP contribution in [0.3, 0.4) is 0 Å². The number of hydrogen-bond acceptors (Lipinski definition) is 6. The Kier molecular flexibility index (Phi) is 4.79. The molecule has 0 radical (unpaired) electrons. The first-order chi connectivity index (χ1) is 12.0. The second-order valence-electron chi connectivity index (χ2n) is 6.58. The van der Waals surface area contributed by atoms with Crippen LogP contribution in [0, 0.1) is 0 Å². The molecule has 0 aliphatic heterocycles. The van der Waals surface area contributed by atoms with Crippen molar-refractivity contribution in [3.8, 4) is 11.5 Å². The zero-order chi connectivity index (χ0) is 17.7. The Morgan fingerprint density at radius 1 is 0.920 bits per heavy atom. The number of nitrogens with zero attached hydrogens (tertiary/aromatic N) is 3. The van der Waals surface area contributed by atoms with Crippen LogP contribution < -0.4 is 15.4 Å². The predicted molar refractivity (Wildman–Crippen MR) is 99.4 cm³/mol. The Balaban J connectivity index is 1.80. The van der Waals surface area contributed by atoms with E-state index in [2.05, 4.69) is 25.8 Å². The lowest BCUT2D eigenvalue weighted by Gasteiger charge is -2.20. The van der Waals surface area contributed by atoms with Crippen LogP contribution in [0.1, 0.15) is 20.8 Å². The molecular formula is C19H21N5O. The molecule has 0 fully saturated rings. The van der Waals surface area contributed by atoms with Crippen molar-refractivity contribution in [1.82, 2.24) is 15.2 Å². The zero-order valence-electron chi connectivity index (χ0n) is 14.5. The molecule has 0 saturated carbocycles. The summed E-state index contributed by atoms with van der Waals surface area (Å²) in [4.78, 5) is 4.45. The normalized spacial score (nSPS) is 11.0. The SMILES string of the molecule is CC(C)(C)Nc1nncc(Nc2ccccc2Oc2ccccc2)n1. The third-order valence-electron chi connectivity index (χ3n) is 3.17. The van der Waals surface area contributed by atoms with Gasteiger partial charge in [-0.15, -0.1) is 5.10 Å². The van der Waals surface area contributed by atoms with E-state index in [0.29, 0.717) is 17.5 Å². The lowest BCUT2D eigenvalue weighted by molar-refractivity contribution is 0.485. The molecule has 0 atom stereocenters. The van der Waals surface area contributed by atoms with Gasteiger partial charge in [-0.1, -0.05) is 30.3 Å². The van der Waals surface area contributed by atoms with Gasteiger partial charge in [0.25, 0.3) is 0 Å².